The molecule has 1 aliphatic carbocycles. The van der Waals surface area contributed by atoms with Crippen molar-refractivity contribution in [3.8, 4) is 0 Å². The maximum atomic E-state index is 12.4. The molecular formula is C14H16BrClO3S. The Morgan fingerprint density at radius 1 is 1.30 bits per heavy atom. The van der Waals surface area contributed by atoms with E-state index < -0.39 is 5.97 Å². The standard InChI is InChI=1S/C14H16BrClO3S/c15-13-9(16)6-11(20-13)10(17)7-14(8-12(18)19)4-2-1-3-5-14/h6H,1-5,7-8H2,(H,18,19). The first kappa shape index (κ1) is 16.0. The molecule has 0 bridgehead atoms. The number of aliphatic carboxylic acids is 1. The van der Waals surface area contributed by atoms with E-state index in [9.17, 15) is 9.59 Å². The summed E-state index contributed by atoms with van der Waals surface area (Å²) in [5.41, 5.74) is -0.371. The fourth-order valence-electron chi connectivity index (χ4n) is 2.95. The van der Waals surface area contributed by atoms with Gasteiger partial charge in [-0.3, -0.25) is 9.59 Å². The zero-order chi connectivity index (χ0) is 14.8. The summed E-state index contributed by atoms with van der Waals surface area (Å²) in [6.45, 7) is 0. The van der Waals surface area contributed by atoms with Gasteiger partial charge in [0.05, 0.1) is 20.1 Å². The van der Waals surface area contributed by atoms with E-state index in [2.05, 4.69) is 15.9 Å². The summed E-state index contributed by atoms with van der Waals surface area (Å²) in [6.07, 6.45) is 5.19. The van der Waals surface area contributed by atoms with Crippen LogP contribution in [0.2, 0.25) is 5.02 Å². The molecule has 0 aromatic carbocycles. The first-order chi connectivity index (χ1) is 9.42. The lowest BCUT2D eigenvalue weighted by molar-refractivity contribution is -0.140. The molecule has 110 valence electrons. The van der Waals surface area contributed by atoms with E-state index in [-0.39, 0.29) is 17.6 Å². The molecule has 1 fully saturated rings. The molecule has 0 unspecified atom stereocenters. The van der Waals surface area contributed by atoms with Crippen molar-refractivity contribution in [1.82, 2.24) is 0 Å². The number of hydrogen-bond donors (Lipinski definition) is 1. The van der Waals surface area contributed by atoms with Gasteiger partial charge in [-0.05, 0) is 40.3 Å². The molecule has 0 spiro atoms. The number of halogens is 2. The summed E-state index contributed by atoms with van der Waals surface area (Å²) in [5, 5.41) is 9.66. The SMILES string of the molecule is O=C(O)CC1(CC(=O)c2cc(Cl)c(Br)s2)CCCCC1. The van der Waals surface area contributed by atoms with Crippen molar-refractivity contribution in [1.29, 1.82) is 0 Å². The predicted molar refractivity (Wildman–Crippen MR) is 83.7 cm³/mol. The monoisotopic (exact) mass is 378 g/mol. The third-order valence-electron chi connectivity index (χ3n) is 3.90. The highest BCUT2D eigenvalue weighted by molar-refractivity contribution is 9.11. The first-order valence-electron chi connectivity index (χ1n) is 6.62. The predicted octanol–water partition coefficient (Wildman–Crippen LogP) is 5.16. The van der Waals surface area contributed by atoms with Crippen molar-refractivity contribution in [3.05, 3.63) is 19.8 Å². The molecule has 0 saturated heterocycles. The van der Waals surface area contributed by atoms with Crippen molar-refractivity contribution in [2.24, 2.45) is 5.41 Å². The van der Waals surface area contributed by atoms with Crippen LogP contribution in [0.25, 0.3) is 0 Å². The van der Waals surface area contributed by atoms with Crippen LogP contribution >= 0.6 is 38.9 Å². The Morgan fingerprint density at radius 2 is 1.95 bits per heavy atom. The van der Waals surface area contributed by atoms with Gasteiger partial charge in [-0.2, -0.15) is 0 Å². The third-order valence-corrected chi connectivity index (χ3v) is 6.41. The van der Waals surface area contributed by atoms with Crippen molar-refractivity contribution in [2.75, 3.05) is 0 Å². The van der Waals surface area contributed by atoms with E-state index in [4.69, 9.17) is 16.7 Å². The average Bonchev–Trinajstić information content (AvgIpc) is 2.69. The highest BCUT2D eigenvalue weighted by atomic mass is 79.9. The molecule has 1 heterocycles. The maximum absolute atomic E-state index is 12.4. The number of carboxylic acids is 1. The van der Waals surface area contributed by atoms with Gasteiger partial charge in [0.1, 0.15) is 0 Å². The zero-order valence-electron chi connectivity index (χ0n) is 11.0. The average molecular weight is 380 g/mol. The van der Waals surface area contributed by atoms with E-state index in [0.29, 0.717) is 16.3 Å². The fourth-order valence-corrected chi connectivity index (χ4v) is 4.59. The van der Waals surface area contributed by atoms with Crippen LogP contribution in [-0.4, -0.2) is 16.9 Å². The van der Waals surface area contributed by atoms with E-state index in [0.717, 1.165) is 35.9 Å². The van der Waals surface area contributed by atoms with Crippen molar-refractivity contribution >= 4 is 50.6 Å². The number of ketones is 1. The largest absolute Gasteiger partial charge is 0.481 e. The number of carbonyl (C=O) groups excluding carboxylic acids is 1. The minimum Gasteiger partial charge on any atom is -0.481 e. The summed E-state index contributed by atoms with van der Waals surface area (Å²) in [5.74, 6) is -0.809. The summed E-state index contributed by atoms with van der Waals surface area (Å²) in [4.78, 5) is 24.1. The Hall–Kier alpha value is -0.390. The van der Waals surface area contributed by atoms with Gasteiger partial charge >= 0.3 is 5.97 Å². The quantitative estimate of drug-likeness (QED) is 0.719. The van der Waals surface area contributed by atoms with E-state index in [1.54, 1.807) is 6.07 Å². The summed E-state index contributed by atoms with van der Waals surface area (Å²) < 4.78 is 0.749. The van der Waals surface area contributed by atoms with Crippen LogP contribution in [0.3, 0.4) is 0 Å². The van der Waals surface area contributed by atoms with E-state index in [1.807, 2.05) is 0 Å². The van der Waals surface area contributed by atoms with Gasteiger partial charge in [0, 0.05) is 6.42 Å². The molecule has 0 aliphatic heterocycles. The number of Topliss-reactive ketones (excluding diaryl/α,β-unsaturated/α-hetero) is 1. The summed E-state index contributed by atoms with van der Waals surface area (Å²) in [7, 11) is 0. The van der Waals surface area contributed by atoms with Crippen LogP contribution < -0.4 is 0 Å². The van der Waals surface area contributed by atoms with E-state index in [1.165, 1.54) is 11.3 Å². The van der Waals surface area contributed by atoms with Crippen LogP contribution in [-0.2, 0) is 4.79 Å². The second kappa shape index (κ2) is 6.58. The van der Waals surface area contributed by atoms with Gasteiger partial charge in [0.25, 0.3) is 0 Å². The minimum atomic E-state index is -0.815. The van der Waals surface area contributed by atoms with Crippen molar-refractivity contribution in [2.45, 2.75) is 44.9 Å². The molecule has 0 radical (unpaired) electrons. The van der Waals surface area contributed by atoms with Gasteiger partial charge in [-0.25, -0.2) is 0 Å². The molecule has 1 N–H and O–H groups in total. The normalized spacial score (nSPS) is 17.9. The van der Waals surface area contributed by atoms with E-state index >= 15 is 0 Å². The lowest BCUT2D eigenvalue weighted by Crippen LogP contribution is -2.30. The Balaban J connectivity index is 2.14. The second-order valence-electron chi connectivity index (χ2n) is 5.46. The van der Waals surface area contributed by atoms with Crippen LogP contribution in [0.1, 0.15) is 54.6 Å². The molecule has 1 aromatic rings. The van der Waals surface area contributed by atoms with Gasteiger partial charge in [-0.15, -0.1) is 11.3 Å². The molecule has 20 heavy (non-hydrogen) atoms. The lowest BCUT2D eigenvalue weighted by Gasteiger charge is -2.35. The minimum absolute atomic E-state index is 0.00532. The molecule has 0 atom stereocenters. The smallest absolute Gasteiger partial charge is 0.303 e. The van der Waals surface area contributed by atoms with Crippen LogP contribution in [0.4, 0.5) is 0 Å². The molecule has 1 aromatic heterocycles. The van der Waals surface area contributed by atoms with Crippen LogP contribution in [0.5, 0.6) is 0 Å². The number of carboxylic acid groups (broad SMARTS) is 1. The number of carbonyl (C=O) groups is 2. The van der Waals surface area contributed by atoms with Crippen molar-refractivity contribution < 1.29 is 14.7 Å². The van der Waals surface area contributed by atoms with Crippen LogP contribution in [0.15, 0.2) is 9.85 Å². The van der Waals surface area contributed by atoms with Gasteiger partial charge in [0.2, 0.25) is 0 Å². The maximum Gasteiger partial charge on any atom is 0.303 e. The van der Waals surface area contributed by atoms with Crippen molar-refractivity contribution in [3.63, 3.8) is 0 Å². The van der Waals surface area contributed by atoms with Gasteiger partial charge < -0.3 is 5.11 Å². The lowest BCUT2D eigenvalue weighted by atomic mass is 9.69. The Kier molecular flexibility index (Phi) is 5.26. The highest BCUT2D eigenvalue weighted by Gasteiger charge is 2.37. The topological polar surface area (TPSA) is 54.4 Å². The summed E-state index contributed by atoms with van der Waals surface area (Å²) >= 11 is 10.6. The number of hydrogen-bond acceptors (Lipinski definition) is 3. The Bertz CT molecular complexity index is 501. The first-order valence-corrected chi connectivity index (χ1v) is 8.60. The molecule has 0 amide bonds. The Labute approximate surface area is 135 Å². The molecule has 2 rings (SSSR count). The molecule has 3 nitrogen and oxygen atoms in total. The highest BCUT2D eigenvalue weighted by Crippen LogP contribution is 2.44. The van der Waals surface area contributed by atoms with Gasteiger partial charge in [0.15, 0.2) is 5.78 Å². The number of rotatable bonds is 5. The molecule has 6 heteroatoms. The fraction of sp³-hybridized carbons (Fsp3) is 0.571. The molecular weight excluding hydrogens is 364 g/mol. The van der Waals surface area contributed by atoms with Crippen LogP contribution in [0, 0.1) is 5.41 Å². The second-order valence-corrected chi connectivity index (χ2v) is 8.24. The van der Waals surface area contributed by atoms with Gasteiger partial charge in [-0.1, -0.05) is 30.9 Å². The molecule has 1 saturated carbocycles. The third kappa shape index (κ3) is 3.83. The number of thiophene rings is 1. The summed E-state index contributed by atoms with van der Waals surface area (Å²) in [6, 6.07) is 1.66. The zero-order valence-corrected chi connectivity index (χ0v) is 14.1. The molecule has 1 aliphatic rings. The Morgan fingerprint density at radius 3 is 2.45 bits per heavy atom.